The maximum Gasteiger partial charge on any atom is 0.319 e. The molecule has 2 saturated heterocycles. The van der Waals surface area contributed by atoms with Crippen LogP contribution in [0.25, 0.3) is 32.1 Å². The van der Waals surface area contributed by atoms with Crippen LogP contribution in [0.3, 0.4) is 0 Å². The van der Waals surface area contributed by atoms with Gasteiger partial charge in [0.25, 0.3) is 0 Å². The smallest absolute Gasteiger partial charge is 0.319 e. The fourth-order valence-corrected chi connectivity index (χ4v) is 8.23. The second-order valence-corrected chi connectivity index (χ2v) is 13.0. The molecule has 0 radical (unpaired) electrons. The summed E-state index contributed by atoms with van der Waals surface area (Å²) in [6, 6.07) is 3.95. The first-order valence-electron chi connectivity index (χ1n) is 14.3. The summed E-state index contributed by atoms with van der Waals surface area (Å²) < 4.78 is 58.7. The number of imidazole rings is 1. The lowest BCUT2D eigenvalue weighted by Crippen LogP contribution is -2.43. The van der Waals surface area contributed by atoms with E-state index >= 15 is 4.39 Å². The highest BCUT2D eigenvalue weighted by molar-refractivity contribution is 7.23. The van der Waals surface area contributed by atoms with Crippen molar-refractivity contribution in [1.82, 2.24) is 24.8 Å². The van der Waals surface area contributed by atoms with Gasteiger partial charge >= 0.3 is 6.01 Å². The fraction of sp³-hybridized carbons (Fsp3) is 0.333. The number of nitrogens with two attached hydrogens (primary N) is 1. The summed E-state index contributed by atoms with van der Waals surface area (Å²) in [6.07, 6.45) is 4.23. The molecule has 8 rings (SSSR count). The number of H-pyrrole nitrogens is 1. The third kappa shape index (κ3) is 4.28. The summed E-state index contributed by atoms with van der Waals surface area (Å²) in [5.41, 5.74) is 6.14. The molecule has 10 nitrogen and oxygen atoms in total. The highest BCUT2D eigenvalue weighted by atomic mass is 35.5. The Kier molecular flexibility index (Phi) is 6.49. The second-order valence-electron chi connectivity index (χ2n) is 11.5. The van der Waals surface area contributed by atoms with Gasteiger partial charge in [0.1, 0.15) is 53.6 Å². The van der Waals surface area contributed by atoms with Gasteiger partial charge in [0.05, 0.1) is 44.4 Å². The van der Waals surface area contributed by atoms with E-state index < -0.39 is 29.4 Å². The molecule has 2 fully saturated rings. The van der Waals surface area contributed by atoms with Gasteiger partial charge in [0.2, 0.25) is 0 Å². The molecule has 0 bridgehead atoms. The molecule has 3 atom stereocenters. The molecule has 3 aromatic heterocycles. The topological polar surface area (TPSA) is 138 Å². The first kappa shape index (κ1) is 28.2. The maximum absolute atomic E-state index is 16.9. The minimum absolute atomic E-state index is 0.0170. The number of nitriles is 1. The number of thiophene rings is 1. The largest absolute Gasteiger partial charge is 0.489 e. The van der Waals surface area contributed by atoms with Crippen LogP contribution < -0.4 is 20.5 Å². The molecule has 230 valence electrons. The molecule has 0 saturated carbocycles. The van der Waals surface area contributed by atoms with Crippen molar-refractivity contribution in [2.45, 2.75) is 37.0 Å². The average Bonchev–Trinajstić information content (AvgIpc) is 3.78. The van der Waals surface area contributed by atoms with Gasteiger partial charge in [-0.05, 0) is 31.0 Å². The lowest BCUT2D eigenvalue weighted by Gasteiger charge is -2.30. The van der Waals surface area contributed by atoms with Crippen molar-refractivity contribution in [2.75, 3.05) is 37.4 Å². The van der Waals surface area contributed by atoms with Gasteiger partial charge < -0.3 is 25.5 Å². The van der Waals surface area contributed by atoms with Crippen LogP contribution in [0.5, 0.6) is 11.8 Å². The number of alkyl halides is 1. The van der Waals surface area contributed by atoms with E-state index in [9.17, 15) is 14.0 Å². The predicted octanol–water partition coefficient (Wildman–Crippen LogP) is 6.12. The molecule has 15 heteroatoms. The van der Waals surface area contributed by atoms with Crippen molar-refractivity contribution in [2.24, 2.45) is 0 Å². The fourth-order valence-electron chi connectivity index (χ4n) is 6.95. The number of nitrogens with one attached hydrogen (secondary N) is 2. The zero-order valence-electron chi connectivity index (χ0n) is 23.5. The average molecular weight is 653 g/mol. The number of anilines is 2. The summed E-state index contributed by atoms with van der Waals surface area (Å²) in [5, 5.41) is 13.5. The molecule has 4 N–H and O–H groups in total. The van der Waals surface area contributed by atoms with E-state index in [1.165, 1.54) is 18.5 Å². The minimum atomic E-state index is -0.952. The van der Waals surface area contributed by atoms with E-state index in [-0.39, 0.29) is 78.5 Å². The SMILES string of the molecule is N#Cc1c(N)sc2c(F)ccc(-c3c(Cl)c4c5c(nc(OC[C@@]67CCCN6C[C@H](F)C7)nc5c3F)NC(c3cnc[nH]3)CO4)c12. The third-order valence-corrected chi connectivity index (χ3v) is 10.4. The van der Waals surface area contributed by atoms with Crippen molar-refractivity contribution < 1.29 is 22.6 Å². The summed E-state index contributed by atoms with van der Waals surface area (Å²) in [6.45, 7) is 1.31. The molecule has 3 aliphatic heterocycles. The van der Waals surface area contributed by atoms with Crippen LogP contribution in [0.4, 0.5) is 24.0 Å². The van der Waals surface area contributed by atoms with Gasteiger partial charge in [-0.3, -0.25) is 4.90 Å². The Morgan fingerprint density at radius 2 is 2.16 bits per heavy atom. The van der Waals surface area contributed by atoms with Crippen molar-refractivity contribution in [3.8, 4) is 29.0 Å². The number of aromatic amines is 1. The molecule has 45 heavy (non-hydrogen) atoms. The van der Waals surface area contributed by atoms with Crippen molar-refractivity contribution >= 4 is 54.7 Å². The normalized spacial score (nSPS) is 22.6. The van der Waals surface area contributed by atoms with Crippen molar-refractivity contribution in [1.29, 1.82) is 5.26 Å². The Balaban J connectivity index is 1.33. The Morgan fingerprint density at radius 1 is 1.29 bits per heavy atom. The second kappa shape index (κ2) is 10.4. The first-order valence-corrected chi connectivity index (χ1v) is 15.5. The molecular weight excluding hydrogens is 629 g/mol. The summed E-state index contributed by atoms with van der Waals surface area (Å²) >= 11 is 7.83. The van der Waals surface area contributed by atoms with Crippen LogP contribution in [0.1, 0.15) is 36.6 Å². The lowest BCUT2D eigenvalue weighted by molar-refractivity contribution is 0.107. The number of halogens is 4. The number of hydrogen-bond donors (Lipinski definition) is 3. The van der Waals surface area contributed by atoms with E-state index in [0.717, 1.165) is 30.7 Å². The number of ether oxygens (including phenoxy) is 2. The number of fused-ring (bicyclic) bond motifs is 2. The molecule has 3 aliphatic rings. The molecule has 5 aromatic rings. The van der Waals surface area contributed by atoms with Crippen LogP contribution in [0, 0.1) is 23.0 Å². The van der Waals surface area contributed by atoms with Crippen molar-refractivity contribution in [3.63, 3.8) is 0 Å². The number of nitrogen functional groups attached to an aromatic ring is 1. The summed E-state index contributed by atoms with van der Waals surface area (Å²) in [5.74, 6) is -1.13. The van der Waals surface area contributed by atoms with E-state index in [2.05, 4.69) is 30.2 Å². The quantitative estimate of drug-likeness (QED) is 0.205. The van der Waals surface area contributed by atoms with Gasteiger partial charge in [0, 0.05) is 23.9 Å². The Bertz CT molecular complexity index is 2050. The highest BCUT2D eigenvalue weighted by Crippen LogP contribution is 2.51. The summed E-state index contributed by atoms with van der Waals surface area (Å²) in [4.78, 5) is 18.4. The minimum Gasteiger partial charge on any atom is -0.489 e. The van der Waals surface area contributed by atoms with Crippen LogP contribution in [0.2, 0.25) is 5.02 Å². The Hall–Kier alpha value is -4.32. The van der Waals surface area contributed by atoms with E-state index in [1.54, 1.807) is 6.20 Å². The van der Waals surface area contributed by atoms with Crippen LogP contribution in [-0.2, 0) is 0 Å². The van der Waals surface area contributed by atoms with Crippen LogP contribution in [0.15, 0.2) is 24.7 Å². The van der Waals surface area contributed by atoms with Gasteiger partial charge in [-0.2, -0.15) is 15.2 Å². The molecule has 0 spiro atoms. The Labute approximate surface area is 262 Å². The van der Waals surface area contributed by atoms with E-state index in [0.29, 0.717) is 18.7 Å². The monoisotopic (exact) mass is 652 g/mol. The van der Waals surface area contributed by atoms with Gasteiger partial charge in [-0.15, -0.1) is 11.3 Å². The van der Waals surface area contributed by atoms with Gasteiger partial charge in [0.15, 0.2) is 11.6 Å². The highest BCUT2D eigenvalue weighted by Gasteiger charge is 2.49. The zero-order valence-corrected chi connectivity index (χ0v) is 25.0. The van der Waals surface area contributed by atoms with E-state index in [4.69, 9.17) is 26.8 Å². The number of benzene rings is 2. The molecular formula is C30H24ClF3N8O2S. The first-order chi connectivity index (χ1) is 21.8. The van der Waals surface area contributed by atoms with Crippen molar-refractivity contribution in [3.05, 3.63) is 52.6 Å². The van der Waals surface area contributed by atoms with Crippen LogP contribution in [-0.4, -0.2) is 62.8 Å². The standard InChI is InChI=1S/C30H24ClF3N8O2S/c31-22-20(14-2-3-16(33)26-19(14)15(7-35)27(36)45-26)23(34)24-21-25(22)43-10-18(17-8-37-12-38-17)39-28(21)41-29(40-24)44-11-30-4-1-5-42(30)9-13(32)6-30/h2-3,8,12-13,18H,1,4-6,9-11,36H2,(H,37,38)(H,39,40,41)/t13-,18?,30+/m1/s1. The molecule has 1 unspecified atom stereocenters. The molecule has 6 heterocycles. The van der Waals surface area contributed by atoms with Gasteiger partial charge in [-0.25, -0.2) is 18.2 Å². The predicted molar refractivity (Wildman–Crippen MR) is 163 cm³/mol. The lowest BCUT2D eigenvalue weighted by atomic mass is 9.95. The molecule has 0 aliphatic carbocycles. The number of aromatic nitrogens is 4. The maximum atomic E-state index is 16.9. The summed E-state index contributed by atoms with van der Waals surface area (Å²) in [7, 11) is 0. The number of nitrogens with zero attached hydrogens (tertiary/aromatic N) is 5. The van der Waals surface area contributed by atoms with Crippen LogP contribution >= 0.6 is 22.9 Å². The molecule has 0 amide bonds. The van der Waals surface area contributed by atoms with Gasteiger partial charge in [-0.1, -0.05) is 17.7 Å². The third-order valence-electron chi connectivity index (χ3n) is 8.99. The number of hydrogen-bond acceptors (Lipinski definition) is 10. The zero-order chi connectivity index (χ0) is 31.0. The Morgan fingerprint density at radius 3 is 2.96 bits per heavy atom. The number of rotatable bonds is 5. The molecule has 2 aromatic carbocycles. The van der Waals surface area contributed by atoms with E-state index in [1.807, 2.05) is 6.07 Å².